The molecule has 6 nitrogen and oxygen atoms in total. The summed E-state index contributed by atoms with van der Waals surface area (Å²) in [5, 5.41) is 11.8. The fourth-order valence-electron chi connectivity index (χ4n) is 2.49. The van der Waals surface area contributed by atoms with Gasteiger partial charge in [0.25, 0.3) is 5.89 Å². The average Bonchev–Trinajstić information content (AvgIpc) is 3.02. The zero-order valence-corrected chi connectivity index (χ0v) is 12.4. The number of aryl methyl sites for hydroxylation is 1. The molecule has 1 atom stereocenters. The third-order valence-corrected chi connectivity index (χ3v) is 4.31. The fraction of sp³-hybridized carbons (Fsp3) is 0.692. The van der Waals surface area contributed by atoms with Crippen LogP contribution in [0.15, 0.2) is 4.52 Å². The fourth-order valence-corrected chi connectivity index (χ4v) is 3.12. The molecule has 0 radical (unpaired) electrons. The van der Waals surface area contributed by atoms with E-state index in [2.05, 4.69) is 32.0 Å². The van der Waals surface area contributed by atoms with E-state index in [-0.39, 0.29) is 6.04 Å². The first-order chi connectivity index (χ1) is 9.88. The van der Waals surface area contributed by atoms with E-state index in [4.69, 9.17) is 4.52 Å². The van der Waals surface area contributed by atoms with Gasteiger partial charge in [-0.15, -0.1) is 5.10 Å². The van der Waals surface area contributed by atoms with Crippen molar-refractivity contribution >= 4 is 11.5 Å². The molecule has 0 amide bonds. The highest BCUT2D eigenvalue weighted by molar-refractivity contribution is 7.09. The standard InChI is InChI=1S/C13H19N5OS/c1-2-6-9-11(20-18-16-9)13-15-12(17-19-13)10-7-4-3-5-8-14-10/h10,14H,2-8H2,1H3. The Bertz CT molecular complexity index is 544. The molecular formula is C13H19N5OS. The largest absolute Gasteiger partial charge is 0.333 e. The summed E-state index contributed by atoms with van der Waals surface area (Å²) in [6.45, 7) is 3.15. The third-order valence-electron chi connectivity index (χ3n) is 3.55. The second kappa shape index (κ2) is 6.41. The van der Waals surface area contributed by atoms with Gasteiger partial charge < -0.3 is 9.84 Å². The van der Waals surface area contributed by atoms with Crippen LogP contribution in [-0.2, 0) is 6.42 Å². The van der Waals surface area contributed by atoms with E-state index in [0.29, 0.717) is 5.89 Å². The van der Waals surface area contributed by atoms with Crippen LogP contribution in [0, 0.1) is 0 Å². The molecule has 0 saturated carbocycles. The Kier molecular flexibility index (Phi) is 4.37. The predicted molar refractivity (Wildman–Crippen MR) is 76.4 cm³/mol. The molecule has 0 spiro atoms. The summed E-state index contributed by atoms with van der Waals surface area (Å²) in [7, 11) is 0. The first-order valence-electron chi connectivity index (χ1n) is 7.27. The average molecular weight is 293 g/mol. The second-order valence-corrected chi connectivity index (χ2v) is 5.87. The van der Waals surface area contributed by atoms with E-state index in [0.717, 1.165) is 42.2 Å². The molecule has 3 heterocycles. The molecule has 20 heavy (non-hydrogen) atoms. The van der Waals surface area contributed by atoms with Crippen LogP contribution in [0.1, 0.15) is 56.6 Å². The van der Waals surface area contributed by atoms with Crippen molar-refractivity contribution in [3.63, 3.8) is 0 Å². The van der Waals surface area contributed by atoms with Crippen molar-refractivity contribution in [2.75, 3.05) is 6.54 Å². The zero-order valence-electron chi connectivity index (χ0n) is 11.6. The van der Waals surface area contributed by atoms with Crippen molar-refractivity contribution in [3.8, 4) is 10.8 Å². The van der Waals surface area contributed by atoms with Gasteiger partial charge in [-0.25, -0.2) is 0 Å². The number of hydrogen-bond donors (Lipinski definition) is 1. The highest BCUT2D eigenvalue weighted by Gasteiger charge is 2.22. The molecule has 1 aliphatic rings. The maximum atomic E-state index is 5.42. The van der Waals surface area contributed by atoms with Crippen molar-refractivity contribution < 1.29 is 4.52 Å². The Morgan fingerprint density at radius 3 is 3.20 bits per heavy atom. The van der Waals surface area contributed by atoms with Crippen molar-refractivity contribution in [2.24, 2.45) is 0 Å². The maximum absolute atomic E-state index is 5.42. The number of nitrogens with one attached hydrogen (secondary N) is 1. The van der Waals surface area contributed by atoms with Crippen molar-refractivity contribution in [2.45, 2.75) is 51.5 Å². The summed E-state index contributed by atoms with van der Waals surface area (Å²) in [6, 6.07) is 0.213. The topological polar surface area (TPSA) is 76.7 Å². The number of rotatable bonds is 4. The maximum Gasteiger partial charge on any atom is 0.271 e. The molecule has 1 fully saturated rings. The Labute approximate surface area is 122 Å². The minimum absolute atomic E-state index is 0.213. The first kappa shape index (κ1) is 13.6. The molecular weight excluding hydrogens is 274 g/mol. The van der Waals surface area contributed by atoms with Gasteiger partial charge >= 0.3 is 0 Å². The normalized spacial score (nSPS) is 19.9. The molecule has 1 unspecified atom stereocenters. The van der Waals surface area contributed by atoms with E-state index in [9.17, 15) is 0 Å². The first-order valence-corrected chi connectivity index (χ1v) is 8.04. The SMILES string of the molecule is CCCc1nnsc1-c1nc(C2CCCCCN2)no1. The van der Waals surface area contributed by atoms with Crippen LogP contribution < -0.4 is 5.32 Å². The molecule has 7 heteroatoms. The van der Waals surface area contributed by atoms with Crippen LogP contribution in [0.3, 0.4) is 0 Å². The van der Waals surface area contributed by atoms with Crippen molar-refractivity contribution in [1.29, 1.82) is 0 Å². The molecule has 1 N–H and O–H groups in total. The Morgan fingerprint density at radius 2 is 2.30 bits per heavy atom. The molecule has 2 aromatic heterocycles. The summed E-state index contributed by atoms with van der Waals surface area (Å²) in [5.74, 6) is 1.32. The van der Waals surface area contributed by atoms with E-state index in [1.54, 1.807) is 0 Å². The lowest BCUT2D eigenvalue weighted by Gasteiger charge is -2.09. The van der Waals surface area contributed by atoms with Gasteiger partial charge in [0.1, 0.15) is 4.88 Å². The van der Waals surface area contributed by atoms with E-state index in [1.165, 1.54) is 30.8 Å². The van der Waals surface area contributed by atoms with Gasteiger partial charge in [0, 0.05) is 0 Å². The van der Waals surface area contributed by atoms with Gasteiger partial charge in [-0.05, 0) is 37.3 Å². The molecule has 1 aliphatic heterocycles. The van der Waals surface area contributed by atoms with Crippen LogP contribution in [0.4, 0.5) is 0 Å². The number of aromatic nitrogens is 4. The van der Waals surface area contributed by atoms with Gasteiger partial charge in [0.15, 0.2) is 5.82 Å². The van der Waals surface area contributed by atoms with Crippen LogP contribution in [0.25, 0.3) is 10.8 Å². The lowest BCUT2D eigenvalue weighted by Crippen LogP contribution is -2.21. The monoisotopic (exact) mass is 293 g/mol. The van der Waals surface area contributed by atoms with Crippen LogP contribution in [0.2, 0.25) is 0 Å². The highest BCUT2D eigenvalue weighted by Crippen LogP contribution is 2.28. The van der Waals surface area contributed by atoms with E-state index >= 15 is 0 Å². The predicted octanol–water partition coefficient (Wildman–Crippen LogP) is 2.75. The van der Waals surface area contributed by atoms with E-state index in [1.807, 2.05) is 0 Å². The third kappa shape index (κ3) is 2.88. The zero-order chi connectivity index (χ0) is 13.8. The van der Waals surface area contributed by atoms with Gasteiger partial charge in [-0.3, -0.25) is 0 Å². The summed E-state index contributed by atoms with van der Waals surface area (Å²) in [6.07, 6.45) is 6.70. The smallest absolute Gasteiger partial charge is 0.271 e. The second-order valence-electron chi connectivity index (χ2n) is 5.11. The molecule has 1 saturated heterocycles. The van der Waals surface area contributed by atoms with E-state index < -0.39 is 0 Å². The van der Waals surface area contributed by atoms with Crippen molar-refractivity contribution in [1.82, 2.24) is 25.0 Å². The minimum Gasteiger partial charge on any atom is -0.333 e. The number of hydrogen-bond acceptors (Lipinski definition) is 7. The number of nitrogens with zero attached hydrogens (tertiary/aromatic N) is 4. The summed E-state index contributed by atoms with van der Waals surface area (Å²) in [5.41, 5.74) is 0.960. The quantitative estimate of drug-likeness (QED) is 0.934. The molecule has 2 aromatic rings. The van der Waals surface area contributed by atoms with Gasteiger partial charge in [-0.2, -0.15) is 4.98 Å². The van der Waals surface area contributed by atoms with Gasteiger partial charge in [0.2, 0.25) is 0 Å². The molecule has 0 aliphatic carbocycles. The van der Waals surface area contributed by atoms with Crippen LogP contribution in [0.5, 0.6) is 0 Å². The lowest BCUT2D eigenvalue weighted by atomic mass is 10.1. The minimum atomic E-state index is 0.213. The highest BCUT2D eigenvalue weighted by atomic mass is 32.1. The molecule has 108 valence electrons. The van der Waals surface area contributed by atoms with Gasteiger partial charge in [0.05, 0.1) is 11.7 Å². The van der Waals surface area contributed by atoms with Gasteiger partial charge in [-0.1, -0.05) is 35.8 Å². The molecule has 0 bridgehead atoms. The van der Waals surface area contributed by atoms with Crippen LogP contribution >= 0.6 is 11.5 Å². The summed E-state index contributed by atoms with van der Waals surface area (Å²) < 4.78 is 9.42. The Balaban J connectivity index is 1.80. The summed E-state index contributed by atoms with van der Waals surface area (Å²) in [4.78, 5) is 5.47. The Morgan fingerprint density at radius 1 is 1.35 bits per heavy atom. The molecule has 0 aromatic carbocycles. The molecule has 3 rings (SSSR count). The van der Waals surface area contributed by atoms with Crippen LogP contribution in [-0.4, -0.2) is 26.3 Å². The van der Waals surface area contributed by atoms with Crippen molar-refractivity contribution in [3.05, 3.63) is 11.5 Å². The Hall–Kier alpha value is -1.34. The lowest BCUT2D eigenvalue weighted by molar-refractivity contribution is 0.402. The summed E-state index contributed by atoms with van der Waals surface area (Å²) >= 11 is 1.33.